The van der Waals surface area contributed by atoms with Crippen LogP contribution in [0.4, 0.5) is 6.01 Å². The second-order valence-electron chi connectivity index (χ2n) is 7.95. The molecule has 1 aliphatic carbocycles. The van der Waals surface area contributed by atoms with Gasteiger partial charge >= 0.3 is 0 Å². The van der Waals surface area contributed by atoms with Crippen LogP contribution in [0.15, 0.2) is 51.7 Å². The monoisotopic (exact) mass is 404 g/mol. The molecule has 0 aliphatic heterocycles. The van der Waals surface area contributed by atoms with E-state index in [1.165, 1.54) is 0 Å². The van der Waals surface area contributed by atoms with Crippen LogP contribution in [-0.4, -0.2) is 30.6 Å². The summed E-state index contributed by atoms with van der Waals surface area (Å²) in [5.74, 6) is 0.673. The fourth-order valence-corrected chi connectivity index (χ4v) is 4.22. The third kappa shape index (κ3) is 3.49. The van der Waals surface area contributed by atoms with Crippen LogP contribution < -0.4 is 10.9 Å². The summed E-state index contributed by atoms with van der Waals surface area (Å²) in [6.07, 6.45) is 3.57. The zero-order chi connectivity index (χ0) is 20.7. The number of para-hydroxylation sites is 2. The fourth-order valence-electron chi connectivity index (χ4n) is 4.22. The van der Waals surface area contributed by atoms with E-state index in [0.29, 0.717) is 11.8 Å². The molecule has 3 heterocycles. The Morgan fingerprint density at radius 3 is 2.57 bits per heavy atom. The maximum Gasteiger partial charge on any atom is 0.295 e. The van der Waals surface area contributed by atoms with Crippen molar-refractivity contribution in [1.82, 2.24) is 24.5 Å². The third-order valence-corrected chi connectivity index (χ3v) is 5.70. The minimum absolute atomic E-state index is 0.0735. The highest BCUT2D eigenvalue weighted by atomic mass is 16.4. The molecule has 8 nitrogen and oxygen atoms in total. The van der Waals surface area contributed by atoms with E-state index in [1.54, 1.807) is 21.5 Å². The molecule has 1 N–H and O–H groups in total. The number of hydrogen-bond donors (Lipinski definition) is 1. The fraction of sp³-hybridized carbons (Fsp3) is 0.364. The Morgan fingerprint density at radius 2 is 1.83 bits per heavy atom. The van der Waals surface area contributed by atoms with Gasteiger partial charge in [-0.2, -0.15) is 10.1 Å². The Hall–Kier alpha value is -3.42. The first kappa shape index (κ1) is 18.6. The number of rotatable bonds is 4. The minimum atomic E-state index is -0.0735. The van der Waals surface area contributed by atoms with Crippen molar-refractivity contribution >= 4 is 17.1 Å². The summed E-state index contributed by atoms with van der Waals surface area (Å²) >= 11 is 0. The van der Waals surface area contributed by atoms with Crippen molar-refractivity contribution in [2.75, 3.05) is 5.32 Å². The van der Waals surface area contributed by atoms with Gasteiger partial charge in [-0.1, -0.05) is 12.1 Å². The molecule has 0 unspecified atom stereocenters. The molecule has 1 aromatic carbocycles. The number of nitrogens with zero attached hydrogens (tertiary/aromatic N) is 5. The average molecular weight is 404 g/mol. The lowest BCUT2D eigenvalue weighted by molar-refractivity contribution is 0.300. The predicted octanol–water partition coefficient (Wildman–Crippen LogP) is 3.78. The SMILES string of the molecule is Cc1cc(C)n(-c2ccc(=O)n(C3CCC(Nc4nc5ccccc5o4)CC3)n2)n1. The predicted molar refractivity (Wildman–Crippen MR) is 114 cm³/mol. The molecule has 0 saturated heterocycles. The van der Waals surface area contributed by atoms with Gasteiger partial charge in [0.05, 0.1) is 11.7 Å². The van der Waals surface area contributed by atoms with E-state index in [9.17, 15) is 4.79 Å². The summed E-state index contributed by atoms with van der Waals surface area (Å²) < 4.78 is 9.19. The Balaban J connectivity index is 1.30. The lowest BCUT2D eigenvalue weighted by atomic mass is 9.91. The zero-order valence-corrected chi connectivity index (χ0v) is 17.1. The Bertz CT molecular complexity index is 1210. The van der Waals surface area contributed by atoms with Crippen LogP contribution in [-0.2, 0) is 0 Å². The molecule has 1 aliphatic rings. The van der Waals surface area contributed by atoms with Crippen LogP contribution in [0.25, 0.3) is 16.9 Å². The zero-order valence-electron chi connectivity index (χ0n) is 17.1. The smallest absolute Gasteiger partial charge is 0.295 e. The number of oxazole rings is 1. The van der Waals surface area contributed by atoms with E-state index in [4.69, 9.17) is 4.42 Å². The van der Waals surface area contributed by atoms with Gasteiger partial charge in [0.1, 0.15) is 5.52 Å². The number of aromatic nitrogens is 5. The summed E-state index contributed by atoms with van der Waals surface area (Å²) in [7, 11) is 0. The van der Waals surface area contributed by atoms with Crippen LogP contribution >= 0.6 is 0 Å². The summed E-state index contributed by atoms with van der Waals surface area (Å²) in [6, 6.07) is 14.0. The highest BCUT2D eigenvalue weighted by Gasteiger charge is 2.25. The van der Waals surface area contributed by atoms with E-state index in [0.717, 1.165) is 48.2 Å². The normalized spacial score (nSPS) is 19.3. The number of hydrogen-bond acceptors (Lipinski definition) is 6. The average Bonchev–Trinajstić information content (AvgIpc) is 3.30. The van der Waals surface area contributed by atoms with Gasteiger partial charge < -0.3 is 9.73 Å². The van der Waals surface area contributed by atoms with Gasteiger partial charge in [0.25, 0.3) is 11.6 Å². The van der Waals surface area contributed by atoms with Gasteiger partial charge in [0.2, 0.25) is 0 Å². The molecule has 1 saturated carbocycles. The van der Waals surface area contributed by atoms with Crippen molar-refractivity contribution in [1.29, 1.82) is 0 Å². The van der Waals surface area contributed by atoms with Crippen molar-refractivity contribution in [2.24, 2.45) is 0 Å². The molecule has 154 valence electrons. The summed E-state index contributed by atoms with van der Waals surface area (Å²) in [5, 5.41) is 12.5. The first-order valence-corrected chi connectivity index (χ1v) is 10.3. The highest BCUT2D eigenvalue weighted by molar-refractivity contribution is 5.74. The number of fused-ring (bicyclic) bond motifs is 1. The Labute approximate surface area is 173 Å². The lowest BCUT2D eigenvalue weighted by Crippen LogP contribution is -2.33. The van der Waals surface area contributed by atoms with Crippen molar-refractivity contribution in [2.45, 2.75) is 51.6 Å². The molecule has 0 radical (unpaired) electrons. The molecule has 3 aromatic heterocycles. The molecule has 30 heavy (non-hydrogen) atoms. The van der Waals surface area contributed by atoms with Crippen LogP contribution in [0, 0.1) is 13.8 Å². The molecule has 4 aromatic rings. The van der Waals surface area contributed by atoms with E-state index < -0.39 is 0 Å². The third-order valence-electron chi connectivity index (χ3n) is 5.70. The molecule has 5 rings (SSSR count). The van der Waals surface area contributed by atoms with Crippen LogP contribution in [0.3, 0.4) is 0 Å². The molecule has 0 spiro atoms. The number of nitrogens with one attached hydrogen (secondary N) is 1. The first-order valence-electron chi connectivity index (χ1n) is 10.3. The summed E-state index contributed by atoms with van der Waals surface area (Å²) in [4.78, 5) is 17.0. The molecule has 0 amide bonds. The largest absolute Gasteiger partial charge is 0.424 e. The van der Waals surface area contributed by atoms with Crippen molar-refractivity contribution in [3.8, 4) is 5.82 Å². The van der Waals surface area contributed by atoms with E-state index in [1.807, 2.05) is 44.2 Å². The first-order chi connectivity index (χ1) is 14.6. The maximum absolute atomic E-state index is 12.5. The second kappa shape index (κ2) is 7.44. The van der Waals surface area contributed by atoms with Crippen LogP contribution in [0.1, 0.15) is 43.1 Å². The van der Waals surface area contributed by atoms with Gasteiger partial charge in [0, 0.05) is 17.8 Å². The second-order valence-corrected chi connectivity index (χ2v) is 7.95. The number of benzene rings is 1. The molecular formula is C22H24N6O2. The topological polar surface area (TPSA) is 90.8 Å². The van der Waals surface area contributed by atoms with Gasteiger partial charge in [-0.15, -0.1) is 5.10 Å². The van der Waals surface area contributed by atoms with Crippen molar-refractivity contribution < 1.29 is 4.42 Å². The van der Waals surface area contributed by atoms with E-state index in [-0.39, 0.29) is 17.6 Å². The molecular weight excluding hydrogens is 380 g/mol. The van der Waals surface area contributed by atoms with Crippen molar-refractivity contribution in [3.63, 3.8) is 0 Å². The standard InChI is InChI=1S/C22H24N6O2/c1-14-13-15(2)27(25-14)20-11-12-21(29)28(26-20)17-9-7-16(8-10-17)23-22-24-18-5-3-4-6-19(18)30-22/h3-6,11-13,16-17H,7-10H2,1-2H3,(H,23,24). The highest BCUT2D eigenvalue weighted by Crippen LogP contribution is 2.29. The number of aryl methyl sites for hydroxylation is 2. The summed E-state index contributed by atoms with van der Waals surface area (Å²) in [6.45, 7) is 3.94. The quantitative estimate of drug-likeness (QED) is 0.557. The van der Waals surface area contributed by atoms with Crippen molar-refractivity contribution in [3.05, 3.63) is 64.2 Å². The number of anilines is 1. The lowest BCUT2D eigenvalue weighted by Gasteiger charge is -2.29. The van der Waals surface area contributed by atoms with Gasteiger partial charge in [-0.25, -0.2) is 9.36 Å². The van der Waals surface area contributed by atoms with E-state index >= 15 is 0 Å². The molecule has 1 fully saturated rings. The van der Waals surface area contributed by atoms with E-state index in [2.05, 4.69) is 20.5 Å². The van der Waals surface area contributed by atoms with Gasteiger partial charge in [0.15, 0.2) is 11.4 Å². The van der Waals surface area contributed by atoms with Gasteiger partial charge in [-0.3, -0.25) is 4.79 Å². The molecule has 8 heteroatoms. The summed E-state index contributed by atoms with van der Waals surface area (Å²) in [5.41, 5.74) is 3.49. The Morgan fingerprint density at radius 1 is 1.03 bits per heavy atom. The molecule has 0 atom stereocenters. The van der Waals surface area contributed by atoms with Gasteiger partial charge in [-0.05, 0) is 63.8 Å². The Kier molecular flexibility index (Phi) is 4.61. The minimum Gasteiger partial charge on any atom is -0.424 e. The molecule has 0 bridgehead atoms. The van der Waals surface area contributed by atoms with Crippen LogP contribution in [0.5, 0.6) is 0 Å². The maximum atomic E-state index is 12.5. The van der Waals surface area contributed by atoms with Crippen LogP contribution in [0.2, 0.25) is 0 Å².